The van der Waals surface area contributed by atoms with E-state index in [1.807, 2.05) is 0 Å². The molecule has 1 rings (SSSR count). The number of hydrogen-bond acceptors (Lipinski definition) is 2. The van der Waals surface area contributed by atoms with Gasteiger partial charge in [0.05, 0.1) is 0 Å². The van der Waals surface area contributed by atoms with Crippen LogP contribution < -0.4 is 0 Å². The second kappa shape index (κ2) is 4.97. The van der Waals surface area contributed by atoms with Crippen LogP contribution in [0, 0.1) is 5.92 Å². The Morgan fingerprint density at radius 3 is 2.15 bits per heavy atom. The Morgan fingerprint density at radius 1 is 1.23 bits per heavy atom. The predicted molar refractivity (Wildman–Crippen MR) is 58.0 cm³/mol. The highest BCUT2D eigenvalue weighted by Gasteiger charge is 2.28. The molecule has 0 radical (unpaired) electrons. The largest absolute Gasteiger partial charge is 0.304 e. The van der Waals surface area contributed by atoms with Crippen LogP contribution in [0.25, 0.3) is 0 Å². The summed E-state index contributed by atoms with van der Waals surface area (Å²) in [5.41, 5.74) is 0. The molecule has 1 aliphatic rings. The van der Waals surface area contributed by atoms with E-state index in [2.05, 4.69) is 37.5 Å². The maximum atomic E-state index is 2.55. The molecule has 0 unspecified atom stereocenters. The standard InChI is InChI=1S/C11H24N2/c1-5-12(6-2)7-11-8-13(9-11)10(3)4/h10-11H,5-9H2,1-4H3. The maximum Gasteiger partial charge on any atom is 0.00388 e. The maximum absolute atomic E-state index is 2.55. The third-order valence-corrected chi connectivity index (χ3v) is 3.13. The van der Waals surface area contributed by atoms with Gasteiger partial charge in [0.25, 0.3) is 0 Å². The van der Waals surface area contributed by atoms with E-state index in [1.165, 1.54) is 32.7 Å². The van der Waals surface area contributed by atoms with E-state index >= 15 is 0 Å². The first kappa shape index (κ1) is 11.0. The Morgan fingerprint density at radius 2 is 1.77 bits per heavy atom. The average molecular weight is 184 g/mol. The molecular weight excluding hydrogens is 160 g/mol. The van der Waals surface area contributed by atoms with Gasteiger partial charge < -0.3 is 9.80 Å². The van der Waals surface area contributed by atoms with Gasteiger partial charge in [-0.15, -0.1) is 0 Å². The molecule has 1 heterocycles. The van der Waals surface area contributed by atoms with Gasteiger partial charge in [-0.1, -0.05) is 13.8 Å². The summed E-state index contributed by atoms with van der Waals surface area (Å²) in [4.78, 5) is 5.08. The Labute approximate surface area is 82.9 Å². The first-order valence-electron chi connectivity index (χ1n) is 5.63. The van der Waals surface area contributed by atoms with Gasteiger partial charge in [0, 0.05) is 25.7 Å². The van der Waals surface area contributed by atoms with E-state index in [0.29, 0.717) is 0 Å². The molecule has 1 aliphatic heterocycles. The third-order valence-electron chi connectivity index (χ3n) is 3.13. The summed E-state index contributed by atoms with van der Waals surface area (Å²) in [7, 11) is 0. The van der Waals surface area contributed by atoms with Crippen molar-refractivity contribution in [3.8, 4) is 0 Å². The van der Waals surface area contributed by atoms with Gasteiger partial charge in [-0.25, -0.2) is 0 Å². The smallest absolute Gasteiger partial charge is 0.00388 e. The Bertz CT molecular complexity index is 135. The zero-order chi connectivity index (χ0) is 9.84. The van der Waals surface area contributed by atoms with E-state index < -0.39 is 0 Å². The summed E-state index contributed by atoms with van der Waals surface area (Å²) in [5.74, 6) is 0.933. The van der Waals surface area contributed by atoms with Gasteiger partial charge >= 0.3 is 0 Å². The van der Waals surface area contributed by atoms with Crippen molar-refractivity contribution >= 4 is 0 Å². The van der Waals surface area contributed by atoms with Crippen molar-refractivity contribution < 1.29 is 0 Å². The summed E-state index contributed by atoms with van der Waals surface area (Å²) in [5, 5.41) is 0. The van der Waals surface area contributed by atoms with Crippen LogP contribution in [0.15, 0.2) is 0 Å². The fourth-order valence-electron chi connectivity index (χ4n) is 1.99. The summed E-state index contributed by atoms with van der Waals surface area (Å²) < 4.78 is 0. The fourth-order valence-corrected chi connectivity index (χ4v) is 1.99. The molecule has 1 saturated heterocycles. The summed E-state index contributed by atoms with van der Waals surface area (Å²) in [6, 6.07) is 0.743. The molecule has 0 amide bonds. The van der Waals surface area contributed by atoms with E-state index in [4.69, 9.17) is 0 Å². The normalized spacial score (nSPS) is 19.8. The van der Waals surface area contributed by atoms with Crippen molar-refractivity contribution in [2.75, 3.05) is 32.7 Å². The SMILES string of the molecule is CCN(CC)CC1CN(C(C)C)C1. The summed E-state index contributed by atoms with van der Waals surface area (Å²) in [6.07, 6.45) is 0. The van der Waals surface area contributed by atoms with Crippen LogP contribution in [-0.4, -0.2) is 48.6 Å². The summed E-state index contributed by atoms with van der Waals surface area (Å²) in [6.45, 7) is 15.4. The number of nitrogens with zero attached hydrogens (tertiary/aromatic N) is 2. The quantitative estimate of drug-likeness (QED) is 0.641. The van der Waals surface area contributed by atoms with Crippen LogP contribution in [0.1, 0.15) is 27.7 Å². The molecule has 0 bridgehead atoms. The molecule has 13 heavy (non-hydrogen) atoms. The number of hydrogen-bond donors (Lipinski definition) is 0. The van der Waals surface area contributed by atoms with Gasteiger partial charge in [-0.05, 0) is 32.9 Å². The zero-order valence-corrected chi connectivity index (χ0v) is 9.58. The molecule has 0 saturated carbocycles. The summed E-state index contributed by atoms with van der Waals surface area (Å²) >= 11 is 0. The van der Waals surface area contributed by atoms with Crippen molar-refractivity contribution in [2.24, 2.45) is 5.92 Å². The molecule has 2 heteroatoms. The monoisotopic (exact) mass is 184 g/mol. The minimum absolute atomic E-state index is 0.743. The van der Waals surface area contributed by atoms with Crippen LogP contribution in [0.4, 0.5) is 0 Å². The Kier molecular flexibility index (Phi) is 4.20. The highest BCUT2D eigenvalue weighted by molar-refractivity contribution is 4.83. The fraction of sp³-hybridized carbons (Fsp3) is 1.00. The second-order valence-electron chi connectivity index (χ2n) is 4.40. The lowest BCUT2D eigenvalue weighted by molar-refractivity contribution is 0.0445. The highest BCUT2D eigenvalue weighted by Crippen LogP contribution is 2.18. The molecule has 0 atom stereocenters. The Balaban J connectivity index is 2.13. The third kappa shape index (κ3) is 2.96. The van der Waals surface area contributed by atoms with E-state index in [0.717, 1.165) is 12.0 Å². The van der Waals surface area contributed by atoms with Gasteiger partial charge in [0.1, 0.15) is 0 Å². The van der Waals surface area contributed by atoms with Crippen molar-refractivity contribution in [3.63, 3.8) is 0 Å². The van der Waals surface area contributed by atoms with Crippen molar-refractivity contribution in [1.29, 1.82) is 0 Å². The lowest BCUT2D eigenvalue weighted by atomic mass is 9.97. The molecule has 0 spiro atoms. The van der Waals surface area contributed by atoms with E-state index in [9.17, 15) is 0 Å². The van der Waals surface area contributed by atoms with Crippen molar-refractivity contribution in [2.45, 2.75) is 33.7 Å². The lowest BCUT2D eigenvalue weighted by Crippen LogP contribution is -2.53. The molecule has 0 N–H and O–H groups in total. The minimum Gasteiger partial charge on any atom is -0.304 e. The number of likely N-dealkylation sites (tertiary alicyclic amines) is 1. The molecule has 0 aromatic heterocycles. The topological polar surface area (TPSA) is 6.48 Å². The molecule has 78 valence electrons. The van der Waals surface area contributed by atoms with E-state index in [-0.39, 0.29) is 0 Å². The van der Waals surface area contributed by atoms with Crippen LogP contribution in [-0.2, 0) is 0 Å². The van der Waals surface area contributed by atoms with Gasteiger partial charge in [-0.2, -0.15) is 0 Å². The first-order chi connectivity index (χ1) is 6.17. The van der Waals surface area contributed by atoms with Crippen LogP contribution in [0.3, 0.4) is 0 Å². The van der Waals surface area contributed by atoms with Crippen LogP contribution >= 0.6 is 0 Å². The Hall–Kier alpha value is -0.0800. The molecule has 0 aliphatic carbocycles. The molecular formula is C11H24N2. The number of rotatable bonds is 5. The molecule has 0 aromatic rings. The van der Waals surface area contributed by atoms with Crippen LogP contribution in [0.2, 0.25) is 0 Å². The first-order valence-corrected chi connectivity index (χ1v) is 5.63. The van der Waals surface area contributed by atoms with Crippen molar-refractivity contribution in [1.82, 2.24) is 9.80 Å². The van der Waals surface area contributed by atoms with Gasteiger partial charge in [0.15, 0.2) is 0 Å². The molecule has 2 nitrogen and oxygen atoms in total. The van der Waals surface area contributed by atoms with Crippen LogP contribution in [0.5, 0.6) is 0 Å². The van der Waals surface area contributed by atoms with Gasteiger partial charge in [0.2, 0.25) is 0 Å². The minimum atomic E-state index is 0.743. The van der Waals surface area contributed by atoms with Crippen molar-refractivity contribution in [3.05, 3.63) is 0 Å². The molecule has 0 aromatic carbocycles. The van der Waals surface area contributed by atoms with E-state index in [1.54, 1.807) is 0 Å². The predicted octanol–water partition coefficient (Wildman–Crippen LogP) is 1.67. The lowest BCUT2D eigenvalue weighted by Gasteiger charge is -2.43. The van der Waals surface area contributed by atoms with Gasteiger partial charge in [-0.3, -0.25) is 0 Å². The average Bonchev–Trinajstić information content (AvgIpc) is 2.02. The highest BCUT2D eigenvalue weighted by atomic mass is 15.2. The second-order valence-corrected chi connectivity index (χ2v) is 4.40. The zero-order valence-electron chi connectivity index (χ0n) is 9.58. The molecule has 1 fully saturated rings.